The Kier molecular flexibility index (Phi) is 6.24. The van der Waals surface area contributed by atoms with Gasteiger partial charge < -0.3 is 15.4 Å². The van der Waals surface area contributed by atoms with E-state index in [4.69, 9.17) is 0 Å². The van der Waals surface area contributed by atoms with Crippen LogP contribution in [0.1, 0.15) is 35.2 Å². The molecular weight excluding hydrogens is 349 g/mol. The van der Waals surface area contributed by atoms with Gasteiger partial charge >= 0.3 is 7.12 Å². The molecule has 0 saturated heterocycles. The number of carbonyl (C=O) groups is 2. The van der Waals surface area contributed by atoms with E-state index in [1.807, 2.05) is 35.0 Å². The lowest BCUT2D eigenvalue weighted by molar-refractivity contribution is -0.126. The van der Waals surface area contributed by atoms with E-state index in [9.17, 15) is 19.6 Å². The van der Waals surface area contributed by atoms with E-state index in [1.165, 1.54) is 11.3 Å². The number of carbonyl (C=O) groups excluding carboxylic acids is 2. The summed E-state index contributed by atoms with van der Waals surface area (Å²) in [6.07, 6.45) is 2.49. The molecule has 26 heavy (non-hydrogen) atoms. The van der Waals surface area contributed by atoms with Crippen molar-refractivity contribution in [2.75, 3.05) is 0 Å². The van der Waals surface area contributed by atoms with Crippen molar-refractivity contribution in [3.05, 3.63) is 58.3 Å². The van der Waals surface area contributed by atoms with Gasteiger partial charge in [0.05, 0.1) is 5.94 Å². The lowest BCUT2D eigenvalue weighted by Crippen LogP contribution is -2.50. The molecule has 2 aromatic rings. The van der Waals surface area contributed by atoms with E-state index < -0.39 is 19.0 Å². The van der Waals surface area contributed by atoms with E-state index in [-0.39, 0.29) is 17.6 Å². The normalized spacial score (nSPS) is 20.5. The summed E-state index contributed by atoms with van der Waals surface area (Å²) in [6, 6.07) is 10.9. The highest BCUT2D eigenvalue weighted by atomic mass is 32.1. The smallest absolute Gasteiger partial charge is 0.426 e. The van der Waals surface area contributed by atoms with E-state index in [0.29, 0.717) is 24.8 Å². The zero-order chi connectivity index (χ0) is 18.5. The molecule has 7 heteroatoms. The highest BCUT2D eigenvalue weighted by Gasteiger charge is 2.39. The van der Waals surface area contributed by atoms with Crippen LogP contribution in [0.3, 0.4) is 0 Å². The van der Waals surface area contributed by atoms with Crippen molar-refractivity contribution in [2.24, 2.45) is 11.8 Å². The Morgan fingerprint density at radius 2 is 1.88 bits per heavy atom. The molecule has 1 aromatic heterocycles. The third-order valence-electron chi connectivity index (χ3n) is 4.97. The summed E-state index contributed by atoms with van der Waals surface area (Å²) in [5.74, 6) is -1.85. The van der Waals surface area contributed by atoms with Crippen LogP contribution in [0, 0.1) is 11.8 Å². The predicted octanol–water partition coefficient (Wildman–Crippen LogP) is 2.09. The first-order valence-corrected chi connectivity index (χ1v) is 9.77. The SMILES string of the molecule is O=C(NC(Cc1ccsc1)B(O)O)C1CCC[C@@H]1C(=O)c1ccccc1. The number of nitrogens with one attached hydrogen (secondary N) is 1. The van der Waals surface area contributed by atoms with Crippen LogP contribution >= 0.6 is 11.3 Å². The van der Waals surface area contributed by atoms with Crippen molar-refractivity contribution in [1.29, 1.82) is 0 Å². The summed E-state index contributed by atoms with van der Waals surface area (Å²) in [5, 5.41) is 25.8. The maximum atomic E-state index is 12.8. The van der Waals surface area contributed by atoms with Crippen LogP contribution in [0.15, 0.2) is 47.2 Å². The fourth-order valence-electron chi connectivity index (χ4n) is 3.59. The first-order valence-electron chi connectivity index (χ1n) is 8.83. The van der Waals surface area contributed by atoms with Crippen LogP contribution in [0.2, 0.25) is 0 Å². The van der Waals surface area contributed by atoms with E-state index in [2.05, 4.69) is 5.32 Å². The average Bonchev–Trinajstić information content (AvgIpc) is 3.32. The standard InChI is InChI=1S/C19H22BNO4S/c22-18(14-5-2-1-3-6-14)15-7-4-8-16(15)19(23)21-17(20(24)25)11-13-9-10-26-12-13/h1-3,5-6,9-10,12,15-17,24-25H,4,7-8,11H2,(H,21,23)/t15-,16?,17?/m0/s1. The molecule has 2 unspecified atom stereocenters. The molecule has 3 rings (SSSR count). The van der Waals surface area contributed by atoms with Crippen molar-refractivity contribution in [1.82, 2.24) is 5.32 Å². The Balaban J connectivity index is 1.68. The molecule has 0 bridgehead atoms. The van der Waals surface area contributed by atoms with Gasteiger partial charge in [-0.3, -0.25) is 9.59 Å². The minimum Gasteiger partial charge on any atom is -0.426 e. The van der Waals surface area contributed by atoms with Gasteiger partial charge in [0.1, 0.15) is 0 Å². The summed E-state index contributed by atoms with van der Waals surface area (Å²) < 4.78 is 0. The first-order chi connectivity index (χ1) is 12.6. The average molecular weight is 371 g/mol. The summed E-state index contributed by atoms with van der Waals surface area (Å²) >= 11 is 1.52. The molecule has 1 aliphatic carbocycles. The molecular formula is C19H22BNO4S. The molecule has 136 valence electrons. The summed E-state index contributed by atoms with van der Waals surface area (Å²) in [7, 11) is -1.65. The van der Waals surface area contributed by atoms with Crippen LogP contribution in [0.4, 0.5) is 0 Å². The zero-order valence-corrected chi connectivity index (χ0v) is 15.2. The van der Waals surface area contributed by atoms with Gasteiger partial charge in [0.2, 0.25) is 5.91 Å². The Bertz CT molecular complexity index is 735. The van der Waals surface area contributed by atoms with Crippen molar-refractivity contribution in [2.45, 2.75) is 31.6 Å². The summed E-state index contributed by atoms with van der Waals surface area (Å²) in [4.78, 5) is 25.5. The molecule has 1 saturated carbocycles. The highest BCUT2D eigenvalue weighted by Crippen LogP contribution is 2.34. The van der Waals surface area contributed by atoms with E-state index >= 15 is 0 Å². The van der Waals surface area contributed by atoms with Gasteiger partial charge in [-0.05, 0) is 41.7 Å². The predicted molar refractivity (Wildman–Crippen MR) is 102 cm³/mol. The maximum Gasteiger partial charge on any atom is 0.475 e. The number of amides is 1. The Morgan fingerprint density at radius 3 is 2.54 bits per heavy atom. The van der Waals surface area contributed by atoms with Crippen LogP contribution < -0.4 is 5.32 Å². The number of Topliss-reactive ketones (excluding diaryl/α,β-unsaturated/α-hetero) is 1. The molecule has 1 amide bonds. The Hall–Kier alpha value is -1.96. The molecule has 1 aliphatic rings. The minimum absolute atomic E-state index is 0.0119. The number of thiophene rings is 1. The number of hydrogen-bond acceptors (Lipinski definition) is 5. The van der Waals surface area contributed by atoms with Crippen molar-refractivity contribution < 1.29 is 19.6 Å². The van der Waals surface area contributed by atoms with Gasteiger partial charge in [0.15, 0.2) is 5.78 Å². The van der Waals surface area contributed by atoms with Crippen molar-refractivity contribution in [3.8, 4) is 0 Å². The maximum absolute atomic E-state index is 12.8. The Labute approximate surface area is 157 Å². The van der Waals surface area contributed by atoms with Gasteiger partial charge in [-0.2, -0.15) is 11.3 Å². The molecule has 1 heterocycles. The molecule has 1 fully saturated rings. The second kappa shape index (κ2) is 8.62. The second-order valence-electron chi connectivity index (χ2n) is 6.74. The number of rotatable bonds is 7. The van der Waals surface area contributed by atoms with Gasteiger partial charge in [-0.15, -0.1) is 0 Å². The Morgan fingerprint density at radius 1 is 1.15 bits per heavy atom. The molecule has 0 aliphatic heterocycles. The van der Waals surface area contributed by atoms with Gasteiger partial charge in [0.25, 0.3) is 0 Å². The number of benzene rings is 1. The van der Waals surface area contributed by atoms with Crippen LogP contribution in [0.25, 0.3) is 0 Å². The van der Waals surface area contributed by atoms with Crippen LogP contribution in [0.5, 0.6) is 0 Å². The number of ketones is 1. The molecule has 3 atom stereocenters. The van der Waals surface area contributed by atoms with Gasteiger partial charge in [-0.1, -0.05) is 36.8 Å². The lowest BCUT2D eigenvalue weighted by atomic mass is 9.75. The third-order valence-corrected chi connectivity index (χ3v) is 5.70. The quantitative estimate of drug-likeness (QED) is 0.514. The molecule has 0 spiro atoms. The van der Waals surface area contributed by atoms with Gasteiger partial charge in [0, 0.05) is 17.4 Å². The molecule has 3 N–H and O–H groups in total. The molecule has 1 aromatic carbocycles. The van der Waals surface area contributed by atoms with Gasteiger partial charge in [-0.25, -0.2) is 0 Å². The zero-order valence-electron chi connectivity index (χ0n) is 14.4. The van der Waals surface area contributed by atoms with Crippen LogP contribution in [-0.4, -0.2) is 34.8 Å². The monoisotopic (exact) mass is 371 g/mol. The largest absolute Gasteiger partial charge is 0.475 e. The topological polar surface area (TPSA) is 86.6 Å². The van der Waals surface area contributed by atoms with Crippen molar-refractivity contribution >= 4 is 30.1 Å². The number of hydrogen-bond donors (Lipinski definition) is 3. The minimum atomic E-state index is -1.65. The fourth-order valence-corrected chi connectivity index (χ4v) is 4.27. The van der Waals surface area contributed by atoms with E-state index in [0.717, 1.165) is 12.0 Å². The fraction of sp³-hybridized carbons (Fsp3) is 0.368. The highest BCUT2D eigenvalue weighted by molar-refractivity contribution is 7.07. The van der Waals surface area contributed by atoms with Crippen LogP contribution in [-0.2, 0) is 11.2 Å². The summed E-state index contributed by atoms with van der Waals surface area (Å²) in [5.41, 5.74) is 1.56. The summed E-state index contributed by atoms with van der Waals surface area (Å²) in [6.45, 7) is 0. The van der Waals surface area contributed by atoms with E-state index in [1.54, 1.807) is 12.1 Å². The second-order valence-corrected chi connectivity index (χ2v) is 7.52. The first kappa shape index (κ1) is 18.8. The molecule has 5 nitrogen and oxygen atoms in total. The van der Waals surface area contributed by atoms with Crippen molar-refractivity contribution in [3.63, 3.8) is 0 Å². The third kappa shape index (κ3) is 4.41. The lowest BCUT2D eigenvalue weighted by Gasteiger charge is -2.23. The molecule has 0 radical (unpaired) electrons.